The second-order valence-corrected chi connectivity index (χ2v) is 8.26. The predicted molar refractivity (Wildman–Crippen MR) is 118 cm³/mol. The van der Waals surface area contributed by atoms with Crippen LogP contribution in [0.2, 0.25) is 0 Å². The average molecular weight is 424 g/mol. The number of rotatable bonds is 6. The minimum atomic E-state index is -0.531. The molecular formula is C24H29N3O4. The summed E-state index contributed by atoms with van der Waals surface area (Å²) in [6, 6.07) is 11.2. The molecule has 2 amide bonds. The Morgan fingerprint density at radius 1 is 1.13 bits per heavy atom. The summed E-state index contributed by atoms with van der Waals surface area (Å²) in [5.74, 6) is 0.299. The molecule has 2 atom stereocenters. The molecule has 2 heterocycles. The van der Waals surface area contributed by atoms with Gasteiger partial charge in [-0.05, 0) is 49.3 Å². The molecule has 4 rings (SSSR count). The van der Waals surface area contributed by atoms with E-state index in [1.54, 1.807) is 26.4 Å². The van der Waals surface area contributed by atoms with Crippen molar-refractivity contribution in [3.8, 4) is 11.5 Å². The summed E-state index contributed by atoms with van der Waals surface area (Å²) in [6.45, 7) is 1.85. The maximum atomic E-state index is 13.5. The van der Waals surface area contributed by atoms with Gasteiger partial charge in [-0.2, -0.15) is 0 Å². The van der Waals surface area contributed by atoms with E-state index in [0.29, 0.717) is 35.7 Å². The predicted octanol–water partition coefficient (Wildman–Crippen LogP) is 2.22. The van der Waals surface area contributed by atoms with Crippen molar-refractivity contribution in [3.63, 3.8) is 0 Å². The van der Waals surface area contributed by atoms with Crippen molar-refractivity contribution >= 4 is 11.8 Å². The fraction of sp³-hybridized carbons (Fsp3) is 0.417. The van der Waals surface area contributed by atoms with Crippen molar-refractivity contribution in [3.05, 3.63) is 58.7 Å². The third kappa shape index (κ3) is 3.74. The quantitative estimate of drug-likeness (QED) is 0.772. The van der Waals surface area contributed by atoms with E-state index in [2.05, 4.69) is 11.4 Å². The summed E-state index contributed by atoms with van der Waals surface area (Å²) >= 11 is 0. The topological polar surface area (TPSA) is 71.1 Å². The maximum absolute atomic E-state index is 13.5. The number of fused-ring (bicyclic) bond motifs is 4. The first-order valence-corrected chi connectivity index (χ1v) is 10.5. The molecule has 0 spiro atoms. The van der Waals surface area contributed by atoms with Gasteiger partial charge < -0.3 is 24.6 Å². The lowest BCUT2D eigenvalue weighted by Crippen LogP contribution is -2.50. The van der Waals surface area contributed by atoms with Crippen molar-refractivity contribution in [2.45, 2.75) is 18.4 Å². The zero-order valence-electron chi connectivity index (χ0n) is 18.5. The summed E-state index contributed by atoms with van der Waals surface area (Å²) in [5.41, 5.74) is 3.41. The Balaban J connectivity index is 1.84. The smallest absolute Gasteiger partial charge is 0.254 e. The highest BCUT2D eigenvalue weighted by Crippen LogP contribution is 2.48. The number of carbonyl (C=O) groups is 2. The molecule has 0 unspecified atom stereocenters. The number of hydrogen-bond acceptors (Lipinski definition) is 5. The highest BCUT2D eigenvalue weighted by atomic mass is 16.5. The molecule has 2 aromatic carbocycles. The Hall–Kier alpha value is -3.06. The van der Waals surface area contributed by atoms with Crippen LogP contribution in [0.5, 0.6) is 11.5 Å². The zero-order valence-corrected chi connectivity index (χ0v) is 18.5. The summed E-state index contributed by atoms with van der Waals surface area (Å²) in [6.07, 6.45) is 0.774. The minimum absolute atomic E-state index is 0.0761. The first-order valence-electron chi connectivity index (χ1n) is 10.5. The maximum Gasteiger partial charge on any atom is 0.254 e. The molecule has 0 saturated carbocycles. The number of nitrogens with zero attached hydrogens (tertiary/aromatic N) is 2. The van der Waals surface area contributed by atoms with Crippen LogP contribution in [-0.4, -0.2) is 69.6 Å². The van der Waals surface area contributed by atoms with Crippen LogP contribution in [0, 0.1) is 0 Å². The van der Waals surface area contributed by atoms with Crippen LogP contribution in [0.4, 0.5) is 0 Å². The Kier molecular flexibility index (Phi) is 5.87. The number of amides is 2. The van der Waals surface area contributed by atoms with E-state index in [-0.39, 0.29) is 17.9 Å². The molecule has 0 saturated heterocycles. The van der Waals surface area contributed by atoms with Gasteiger partial charge in [-0.3, -0.25) is 9.59 Å². The standard InChI is InChI=1S/C24H29N3O4/c1-26(2)12-10-25-23(28)21-17-13-19(30-3)20(31-4)14-18(17)24(29)27-11-9-15-7-5-6-8-16(15)22(21)27/h5-8,13-14,21-22H,9-12H2,1-4H3,(H,25,28)/t21-,22-/m0/s1. The van der Waals surface area contributed by atoms with Gasteiger partial charge in [0.1, 0.15) is 0 Å². The normalized spacial score (nSPS) is 19.4. The Morgan fingerprint density at radius 2 is 1.84 bits per heavy atom. The van der Waals surface area contributed by atoms with Gasteiger partial charge in [0.05, 0.1) is 26.2 Å². The number of nitrogens with one attached hydrogen (secondary N) is 1. The van der Waals surface area contributed by atoms with Crippen LogP contribution >= 0.6 is 0 Å². The Labute approximate surface area is 182 Å². The van der Waals surface area contributed by atoms with Crippen LogP contribution in [-0.2, 0) is 11.2 Å². The van der Waals surface area contributed by atoms with E-state index in [1.165, 1.54) is 5.56 Å². The minimum Gasteiger partial charge on any atom is -0.493 e. The van der Waals surface area contributed by atoms with Crippen LogP contribution in [0.3, 0.4) is 0 Å². The van der Waals surface area contributed by atoms with Gasteiger partial charge in [-0.25, -0.2) is 0 Å². The lowest BCUT2D eigenvalue weighted by Gasteiger charge is -2.45. The van der Waals surface area contributed by atoms with E-state index < -0.39 is 5.92 Å². The van der Waals surface area contributed by atoms with E-state index in [4.69, 9.17) is 9.47 Å². The van der Waals surface area contributed by atoms with Crippen molar-refractivity contribution in [1.82, 2.24) is 15.1 Å². The zero-order chi connectivity index (χ0) is 22.1. The van der Waals surface area contributed by atoms with E-state index in [1.807, 2.05) is 42.1 Å². The Morgan fingerprint density at radius 3 is 2.55 bits per heavy atom. The first-order chi connectivity index (χ1) is 15.0. The highest BCUT2D eigenvalue weighted by molar-refractivity contribution is 6.02. The monoisotopic (exact) mass is 423 g/mol. The number of methoxy groups -OCH3 is 2. The molecule has 0 radical (unpaired) electrons. The van der Waals surface area contributed by atoms with E-state index >= 15 is 0 Å². The lowest BCUT2D eigenvalue weighted by atomic mass is 9.75. The third-order valence-electron chi connectivity index (χ3n) is 6.17. The van der Waals surface area contributed by atoms with Gasteiger partial charge in [0.15, 0.2) is 11.5 Å². The SMILES string of the molecule is COc1cc2c(cc1OC)[C@H](C(=O)NCCN(C)C)[C@@H]1c3ccccc3CCN1C2=O. The van der Waals surface area contributed by atoms with Crippen LogP contribution in [0.15, 0.2) is 36.4 Å². The van der Waals surface area contributed by atoms with Gasteiger partial charge >= 0.3 is 0 Å². The summed E-state index contributed by atoms with van der Waals surface area (Å²) in [7, 11) is 7.04. The molecule has 2 aliphatic heterocycles. The highest BCUT2D eigenvalue weighted by Gasteiger charge is 2.46. The van der Waals surface area contributed by atoms with Gasteiger partial charge in [0.25, 0.3) is 5.91 Å². The summed E-state index contributed by atoms with van der Waals surface area (Å²) < 4.78 is 10.9. The molecule has 1 N–H and O–H groups in total. The van der Waals surface area contributed by atoms with Crippen LogP contribution in [0.25, 0.3) is 0 Å². The molecule has 0 aliphatic carbocycles. The molecule has 7 heteroatoms. The van der Waals surface area contributed by atoms with Gasteiger partial charge in [-0.1, -0.05) is 24.3 Å². The average Bonchev–Trinajstić information content (AvgIpc) is 2.78. The molecule has 0 aromatic heterocycles. The van der Waals surface area contributed by atoms with E-state index in [0.717, 1.165) is 18.5 Å². The van der Waals surface area contributed by atoms with Crippen molar-refractivity contribution in [2.75, 3.05) is 47.9 Å². The summed E-state index contributed by atoms with van der Waals surface area (Å²) in [4.78, 5) is 30.9. The van der Waals surface area contributed by atoms with Crippen LogP contribution in [0.1, 0.15) is 39.0 Å². The van der Waals surface area contributed by atoms with Gasteiger partial charge in [0, 0.05) is 25.2 Å². The fourth-order valence-corrected chi connectivity index (χ4v) is 4.64. The van der Waals surface area contributed by atoms with Crippen LogP contribution < -0.4 is 14.8 Å². The number of benzene rings is 2. The molecule has 7 nitrogen and oxygen atoms in total. The first kappa shape index (κ1) is 21.2. The largest absolute Gasteiger partial charge is 0.493 e. The molecule has 164 valence electrons. The van der Waals surface area contributed by atoms with Gasteiger partial charge in [0.2, 0.25) is 5.91 Å². The van der Waals surface area contributed by atoms with E-state index in [9.17, 15) is 9.59 Å². The fourth-order valence-electron chi connectivity index (χ4n) is 4.64. The molecular weight excluding hydrogens is 394 g/mol. The molecule has 2 aromatic rings. The number of carbonyl (C=O) groups excluding carboxylic acids is 2. The lowest BCUT2D eigenvalue weighted by molar-refractivity contribution is -0.124. The van der Waals surface area contributed by atoms with Gasteiger partial charge in [-0.15, -0.1) is 0 Å². The molecule has 2 aliphatic rings. The summed E-state index contributed by atoms with van der Waals surface area (Å²) in [5, 5.41) is 3.08. The van der Waals surface area contributed by atoms with Crippen molar-refractivity contribution < 1.29 is 19.1 Å². The molecule has 0 bridgehead atoms. The second kappa shape index (κ2) is 8.59. The number of ether oxygens (including phenoxy) is 2. The number of likely N-dealkylation sites (N-methyl/N-ethyl adjacent to an activating group) is 1. The third-order valence-corrected chi connectivity index (χ3v) is 6.17. The van der Waals surface area contributed by atoms with Crippen molar-refractivity contribution in [1.29, 1.82) is 0 Å². The molecule has 0 fully saturated rings. The van der Waals surface area contributed by atoms with Crippen molar-refractivity contribution in [2.24, 2.45) is 0 Å². The second-order valence-electron chi connectivity index (χ2n) is 8.26. The number of hydrogen-bond donors (Lipinski definition) is 1. The Bertz CT molecular complexity index is 1000. The molecule has 31 heavy (non-hydrogen) atoms.